The lowest BCUT2D eigenvalue weighted by atomic mass is 10.2. The molecule has 3 heterocycles. The van der Waals surface area contributed by atoms with Crippen LogP contribution in [0.25, 0.3) is 34.4 Å². The molecule has 15 nitrogen and oxygen atoms in total. The summed E-state index contributed by atoms with van der Waals surface area (Å²) in [5, 5.41) is 33.9. The van der Waals surface area contributed by atoms with E-state index in [2.05, 4.69) is 141 Å². The summed E-state index contributed by atoms with van der Waals surface area (Å²) in [5.74, 6) is 0.371. The van der Waals surface area contributed by atoms with Crippen molar-refractivity contribution in [1.29, 1.82) is 0 Å². The number of esters is 1. The minimum absolute atomic E-state index is 0. The predicted molar refractivity (Wildman–Crippen MR) is 250 cm³/mol. The number of amides is 1. The number of carbonyl (C=O) groups is 3. The maximum Gasteiger partial charge on any atom is 0.315 e. The van der Waals surface area contributed by atoms with Crippen molar-refractivity contribution in [3.8, 4) is 34.4 Å². The number of nitrogens with one attached hydrogen (secondary N) is 1. The van der Waals surface area contributed by atoms with E-state index in [9.17, 15) is 14.4 Å². The molecule has 0 fully saturated rings. The van der Waals surface area contributed by atoms with Crippen LogP contribution in [0.15, 0.2) is 86.0 Å². The van der Waals surface area contributed by atoms with E-state index in [1.54, 1.807) is 14.0 Å². The second kappa shape index (κ2) is 25.9. The van der Waals surface area contributed by atoms with E-state index in [0.717, 1.165) is 27.4 Å². The van der Waals surface area contributed by atoms with Crippen LogP contribution in [0, 0.1) is 10.7 Å². The molecule has 0 aliphatic rings. The van der Waals surface area contributed by atoms with Crippen molar-refractivity contribution in [3.05, 3.63) is 101 Å². The second-order valence-electron chi connectivity index (χ2n) is 9.93. The molecule has 0 aliphatic carbocycles. The van der Waals surface area contributed by atoms with Crippen molar-refractivity contribution in [2.24, 2.45) is 0 Å². The van der Waals surface area contributed by atoms with E-state index in [4.69, 9.17) is 23.1 Å². The predicted octanol–water partition coefficient (Wildman–Crippen LogP) is 8.43. The fourth-order valence-corrected chi connectivity index (χ4v) is 4.87. The van der Waals surface area contributed by atoms with Crippen LogP contribution in [0.1, 0.15) is 24.6 Å². The van der Waals surface area contributed by atoms with E-state index < -0.39 is 5.97 Å². The Balaban J connectivity index is 0.000000271. The summed E-state index contributed by atoms with van der Waals surface area (Å²) in [6, 6.07) is 22.9. The molecule has 0 spiro atoms. The molecule has 3 aromatic heterocycles. The fraction of sp³-hybridized carbons (Fsp3) is 0.182. The van der Waals surface area contributed by atoms with Gasteiger partial charge in [0.05, 0.1) is 6.61 Å². The molecule has 1 amide bonds. The number of ether oxygens (including phenoxy) is 1. The number of likely N-dealkylation sites (N-methyl/N-ethyl adjacent to an activating group) is 1. The molecule has 0 atom stereocenters. The van der Waals surface area contributed by atoms with Gasteiger partial charge in [-0.1, -0.05) is 0 Å². The van der Waals surface area contributed by atoms with Crippen molar-refractivity contribution in [2.45, 2.75) is 26.2 Å². The van der Waals surface area contributed by atoms with Gasteiger partial charge in [-0.3, -0.25) is 14.4 Å². The maximum atomic E-state index is 11.3. The lowest BCUT2D eigenvalue weighted by Gasteiger charge is -1.97. The SMILES string of the molecule is CCOC(=O)Cc1nnc(-c2ccc(I)cc2)o1.CNC(=O)Cc1nnc(-c2ccc(I)cc2)o1.I.II.O=C(O)Cc1nnc(-c2ccc(I)cc2)o1. The Kier molecular flexibility index (Phi) is 23.0. The van der Waals surface area contributed by atoms with E-state index in [-0.39, 0.29) is 66.9 Å². The largest absolute Gasteiger partial charge is 0.481 e. The standard InChI is InChI=1S/C12H11IN2O3.C11H10IN3O2.C10H7IN2O3.I2.HI/c1-2-17-11(16)7-10-14-15-12(18-10)8-3-5-9(13)6-4-8;1-13-9(16)6-10-14-15-11(17-10)7-2-4-8(12)5-3-7;11-7-3-1-6(2-4-7)10-13-12-8(16-10)5-9(14)15;1-2;/h3-6H,2,7H2,1H3;2-5H,6H2,1H3,(H,13,16);1-4H,5H2,(H,14,15);;1H. The summed E-state index contributed by atoms with van der Waals surface area (Å²) in [5.41, 5.74) is 2.46. The van der Waals surface area contributed by atoms with Gasteiger partial charge in [0.25, 0.3) is 0 Å². The number of carboxylic acid groups (broad SMARTS) is 1. The molecule has 0 saturated heterocycles. The topological polar surface area (TPSA) is 209 Å². The molecule has 21 heteroatoms. The summed E-state index contributed by atoms with van der Waals surface area (Å²) in [4.78, 5) is 32.8. The number of halogens is 6. The molecule has 2 N–H and O–H groups in total. The van der Waals surface area contributed by atoms with E-state index in [1.807, 2.05) is 72.8 Å². The van der Waals surface area contributed by atoms with Crippen LogP contribution in [0.2, 0.25) is 0 Å². The number of aliphatic carboxylic acids is 1. The van der Waals surface area contributed by atoms with Gasteiger partial charge in [-0.05, 0) is 147 Å². The summed E-state index contributed by atoms with van der Waals surface area (Å²) in [7, 11) is 1.57. The average Bonchev–Trinajstić information content (AvgIpc) is 3.93. The van der Waals surface area contributed by atoms with E-state index >= 15 is 0 Å². The Morgan fingerprint density at radius 1 is 0.611 bits per heavy atom. The lowest BCUT2D eigenvalue weighted by Crippen LogP contribution is -2.20. The van der Waals surface area contributed by atoms with Gasteiger partial charge in [0, 0.05) is 71.7 Å². The van der Waals surface area contributed by atoms with Crippen molar-refractivity contribution in [1.82, 2.24) is 35.9 Å². The van der Waals surface area contributed by atoms with Crippen molar-refractivity contribution < 1.29 is 37.5 Å². The fourth-order valence-electron chi connectivity index (χ4n) is 3.79. The first-order valence-electron chi connectivity index (χ1n) is 15.0. The molecule has 0 unspecified atom stereocenters. The highest BCUT2D eigenvalue weighted by atomic mass is 128. The molecule has 286 valence electrons. The number of carbonyl (C=O) groups excluding carboxylic acids is 2. The van der Waals surface area contributed by atoms with Crippen LogP contribution in [0.5, 0.6) is 0 Å². The average molecular weight is 1410 g/mol. The van der Waals surface area contributed by atoms with Gasteiger partial charge in [-0.15, -0.1) is 54.6 Å². The normalized spacial score (nSPS) is 9.83. The summed E-state index contributed by atoms with van der Waals surface area (Å²) in [6.07, 6.45) is -0.142. The molecular formula is C33H29I6N7O8. The number of carboxylic acids is 1. The zero-order valence-electron chi connectivity index (χ0n) is 28.0. The Hall–Kier alpha value is -2.13. The highest BCUT2D eigenvalue weighted by Crippen LogP contribution is 2.21. The Bertz CT molecular complexity index is 2040. The zero-order valence-corrected chi connectivity index (χ0v) is 41.2. The van der Waals surface area contributed by atoms with Crippen molar-refractivity contribution >= 4 is 147 Å². The molecular weight excluding hydrogens is 1380 g/mol. The van der Waals surface area contributed by atoms with Gasteiger partial charge in [0.15, 0.2) is 0 Å². The number of hydrogen-bond acceptors (Lipinski definition) is 13. The van der Waals surface area contributed by atoms with Gasteiger partial charge in [-0.25, -0.2) is 0 Å². The quantitative estimate of drug-likeness (QED) is 0.0975. The summed E-state index contributed by atoms with van der Waals surface area (Å²) >= 11 is 10.9. The third-order valence-corrected chi connectivity index (χ3v) is 8.33. The van der Waals surface area contributed by atoms with Crippen LogP contribution in [0.3, 0.4) is 0 Å². The van der Waals surface area contributed by atoms with Gasteiger partial charge in [0.2, 0.25) is 41.3 Å². The Labute approximate surface area is 390 Å². The maximum absolute atomic E-state index is 11.3. The van der Waals surface area contributed by atoms with Crippen LogP contribution in [0.4, 0.5) is 0 Å². The van der Waals surface area contributed by atoms with Crippen LogP contribution in [-0.4, -0.2) is 67.2 Å². The van der Waals surface area contributed by atoms with Gasteiger partial charge < -0.3 is 28.4 Å². The van der Waals surface area contributed by atoms with E-state index in [1.165, 1.54) is 0 Å². The lowest BCUT2D eigenvalue weighted by molar-refractivity contribution is -0.142. The highest BCUT2D eigenvalue weighted by Gasteiger charge is 2.14. The van der Waals surface area contributed by atoms with Crippen LogP contribution < -0.4 is 5.32 Å². The minimum Gasteiger partial charge on any atom is -0.481 e. The van der Waals surface area contributed by atoms with E-state index in [0.29, 0.717) is 30.2 Å². The van der Waals surface area contributed by atoms with Gasteiger partial charge in [-0.2, -0.15) is 0 Å². The monoisotopic (exact) mass is 1410 g/mol. The first kappa shape index (κ1) is 48.0. The van der Waals surface area contributed by atoms with Crippen LogP contribution >= 0.6 is 129 Å². The highest BCUT2D eigenvalue weighted by molar-refractivity contribution is 15.0. The Morgan fingerprint density at radius 3 is 1.26 bits per heavy atom. The Morgan fingerprint density at radius 2 is 0.944 bits per heavy atom. The first-order valence-corrected chi connectivity index (χ1v) is 24.5. The van der Waals surface area contributed by atoms with Crippen LogP contribution in [-0.2, 0) is 38.4 Å². The number of aromatic nitrogens is 6. The summed E-state index contributed by atoms with van der Waals surface area (Å²) < 4.78 is 24.2. The number of nitrogens with zero attached hydrogens (tertiary/aromatic N) is 6. The molecule has 0 saturated carbocycles. The molecule has 0 radical (unpaired) electrons. The van der Waals surface area contributed by atoms with Crippen molar-refractivity contribution in [3.63, 3.8) is 0 Å². The zero-order chi connectivity index (χ0) is 38.8. The third kappa shape index (κ3) is 16.9. The molecule has 0 bridgehead atoms. The summed E-state index contributed by atoms with van der Waals surface area (Å²) in [6.45, 7) is 2.10. The second-order valence-corrected chi connectivity index (χ2v) is 13.7. The van der Waals surface area contributed by atoms with Gasteiger partial charge >= 0.3 is 11.9 Å². The number of rotatable bonds is 10. The minimum atomic E-state index is -0.988. The molecule has 3 aromatic carbocycles. The number of benzene rings is 3. The molecule has 54 heavy (non-hydrogen) atoms. The molecule has 6 rings (SSSR count). The first-order chi connectivity index (χ1) is 25.5. The van der Waals surface area contributed by atoms with Gasteiger partial charge in [0.1, 0.15) is 19.3 Å². The molecule has 6 aromatic rings. The molecule has 0 aliphatic heterocycles. The smallest absolute Gasteiger partial charge is 0.315 e. The van der Waals surface area contributed by atoms with Crippen molar-refractivity contribution in [2.75, 3.05) is 13.7 Å². The number of hydrogen-bond donors (Lipinski definition) is 2. The third-order valence-electron chi connectivity index (χ3n) is 6.17.